The van der Waals surface area contributed by atoms with Gasteiger partial charge in [0.1, 0.15) is 6.10 Å². The molecule has 0 aliphatic carbocycles. The Morgan fingerprint density at radius 3 is 1.08 bits per heavy atom. The predicted molar refractivity (Wildman–Crippen MR) is 373 cm³/mol. The molecule has 0 saturated carbocycles. The van der Waals surface area contributed by atoms with Gasteiger partial charge in [-0.1, -0.05) is 171 Å². The summed E-state index contributed by atoms with van der Waals surface area (Å²) in [4.78, 5) is 36.0. The van der Waals surface area contributed by atoms with E-state index in [0.717, 1.165) is 110 Å². The van der Waals surface area contributed by atoms with Crippen LogP contribution in [-0.2, 0) is 38.3 Å². The standard InChI is InChI=1S/C78H86N2O4S3/c1-6-11-14-19-23-58-27-39-64(40-28-58)79(65-41-31-60(32-42-65)25-21-16-17-22-57-83-77(81)9-4)68-47-35-62(36-48-68)71-51-53-73(85-71)75-55-56-76(87-75)74-54-52-72(86-74)63-37-49-69(50-38-63)80(66-43-29-59(30-44-66)24-20-15-12-7-2)67-45-33-61(34-46-67)70(26-18-13-8-3)84-78(82)10-5/h9-10,27-56,70H,4-8,11-26,57H2,1-3H3. The Bertz CT molecular complexity index is 3540. The number of carbonyl (C=O) groups excluding carboxylic acids is 2. The van der Waals surface area contributed by atoms with E-state index in [1.54, 1.807) is 0 Å². The number of ether oxygens (including phenoxy) is 2. The summed E-state index contributed by atoms with van der Waals surface area (Å²) in [6, 6.07) is 67.5. The third kappa shape index (κ3) is 18.3. The monoisotopic (exact) mass is 1210 g/mol. The quantitative estimate of drug-likeness (QED) is 0.0224. The minimum Gasteiger partial charge on any atom is -0.463 e. The first-order chi connectivity index (χ1) is 42.7. The molecule has 0 aliphatic rings. The molecule has 1 atom stereocenters. The van der Waals surface area contributed by atoms with Gasteiger partial charge in [-0.05, 0) is 200 Å². The lowest BCUT2D eigenvalue weighted by Gasteiger charge is -2.26. The van der Waals surface area contributed by atoms with E-state index in [9.17, 15) is 9.59 Å². The topological polar surface area (TPSA) is 59.1 Å². The Morgan fingerprint density at radius 1 is 0.379 bits per heavy atom. The molecule has 6 aromatic carbocycles. The molecule has 9 rings (SSSR count). The molecule has 0 radical (unpaired) electrons. The van der Waals surface area contributed by atoms with Crippen molar-refractivity contribution in [2.24, 2.45) is 0 Å². The molecule has 0 bridgehead atoms. The van der Waals surface area contributed by atoms with Gasteiger partial charge in [0, 0.05) is 75.5 Å². The molecule has 87 heavy (non-hydrogen) atoms. The molecule has 6 nitrogen and oxygen atoms in total. The number of carbonyl (C=O) groups is 2. The van der Waals surface area contributed by atoms with Crippen LogP contribution in [0.25, 0.3) is 40.4 Å². The maximum absolute atomic E-state index is 12.4. The highest BCUT2D eigenvalue weighted by molar-refractivity contribution is 7.27. The van der Waals surface area contributed by atoms with Gasteiger partial charge in [-0.2, -0.15) is 0 Å². The fourth-order valence-electron chi connectivity index (χ4n) is 11.2. The highest BCUT2D eigenvalue weighted by Crippen LogP contribution is 2.45. The maximum atomic E-state index is 12.4. The van der Waals surface area contributed by atoms with Crippen molar-refractivity contribution in [2.75, 3.05) is 16.4 Å². The molecule has 1 unspecified atom stereocenters. The molecule has 9 heteroatoms. The van der Waals surface area contributed by atoms with Crippen molar-refractivity contribution in [3.63, 3.8) is 0 Å². The zero-order valence-electron chi connectivity index (χ0n) is 51.4. The van der Waals surface area contributed by atoms with E-state index in [4.69, 9.17) is 9.47 Å². The number of anilines is 6. The first-order valence-corrected chi connectivity index (χ1v) is 34.3. The summed E-state index contributed by atoms with van der Waals surface area (Å²) in [6.07, 6.45) is 23.5. The van der Waals surface area contributed by atoms with E-state index in [1.807, 2.05) is 34.0 Å². The maximum Gasteiger partial charge on any atom is 0.330 e. The second-order valence-corrected chi connectivity index (χ2v) is 25.9. The van der Waals surface area contributed by atoms with Gasteiger partial charge in [-0.25, -0.2) is 9.59 Å². The molecule has 3 aromatic heterocycles. The Labute approximate surface area is 530 Å². The van der Waals surface area contributed by atoms with Crippen LogP contribution < -0.4 is 9.80 Å². The van der Waals surface area contributed by atoms with Crippen LogP contribution in [-0.4, -0.2) is 18.5 Å². The van der Waals surface area contributed by atoms with Crippen molar-refractivity contribution in [2.45, 2.75) is 149 Å². The second-order valence-electron chi connectivity index (χ2n) is 22.6. The smallest absolute Gasteiger partial charge is 0.330 e. The third-order valence-corrected chi connectivity index (χ3v) is 19.9. The van der Waals surface area contributed by atoms with Gasteiger partial charge >= 0.3 is 11.9 Å². The van der Waals surface area contributed by atoms with Crippen molar-refractivity contribution in [1.29, 1.82) is 0 Å². The lowest BCUT2D eigenvalue weighted by Crippen LogP contribution is -2.12. The molecule has 9 aromatic rings. The Kier molecular flexibility index (Phi) is 24.6. The zero-order valence-corrected chi connectivity index (χ0v) is 53.8. The summed E-state index contributed by atoms with van der Waals surface area (Å²) in [5.41, 5.74) is 14.1. The lowest BCUT2D eigenvalue weighted by molar-refractivity contribution is -0.143. The molecule has 0 saturated heterocycles. The molecule has 0 amide bonds. The number of thiophene rings is 3. The van der Waals surface area contributed by atoms with E-state index in [-0.39, 0.29) is 12.1 Å². The highest BCUT2D eigenvalue weighted by atomic mass is 32.1. The third-order valence-electron chi connectivity index (χ3n) is 16.1. The van der Waals surface area contributed by atoms with E-state index < -0.39 is 5.97 Å². The molecule has 0 fully saturated rings. The van der Waals surface area contributed by atoms with Gasteiger partial charge in [0.2, 0.25) is 0 Å². The number of aryl methyl sites for hydroxylation is 3. The number of esters is 2. The van der Waals surface area contributed by atoms with E-state index in [1.165, 1.54) is 121 Å². The number of benzene rings is 6. The average Bonchev–Trinajstić information content (AvgIpc) is 3.85. The first kappa shape index (κ1) is 63.9. The van der Waals surface area contributed by atoms with Gasteiger partial charge in [-0.3, -0.25) is 0 Å². The Hall–Kier alpha value is -7.56. The summed E-state index contributed by atoms with van der Waals surface area (Å²) in [5, 5.41) is 0. The fourth-order valence-corrected chi connectivity index (χ4v) is 14.4. The summed E-state index contributed by atoms with van der Waals surface area (Å²) < 4.78 is 11.0. The Morgan fingerprint density at radius 2 is 0.701 bits per heavy atom. The van der Waals surface area contributed by atoms with Crippen LogP contribution >= 0.6 is 34.0 Å². The largest absolute Gasteiger partial charge is 0.463 e. The zero-order chi connectivity index (χ0) is 60.6. The van der Waals surface area contributed by atoms with E-state index in [2.05, 4.69) is 226 Å². The summed E-state index contributed by atoms with van der Waals surface area (Å²) >= 11 is 5.54. The van der Waals surface area contributed by atoms with Crippen molar-refractivity contribution in [1.82, 2.24) is 0 Å². The average molecular weight is 1210 g/mol. The number of nitrogens with zero attached hydrogens (tertiary/aromatic N) is 2. The summed E-state index contributed by atoms with van der Waals surface area (Å²) in [5.74, 6) is -0.740. The number of hydrogen-bond acceptors (Lipinski definition) is 9. The van der Waals surface area contributed by atoms with E-state index in [0.29, 0.717) is 6.61 Å². The molecule has 3 heterocycles. The van der Waals surface area contributed by atoms with Crippen molar-refractivity contribution in [3.05, 3.63) is 230 Å². The molecule has 0 aliphatic heterocycles. The SMILES string of the molecule is C=CC(=O)OCCCCCCc1ccc(N(c2ccc(CCCCCC)cc2)c2ccc(-c3ccc(-c4ccc(-c5ccc(-c6ccc(N(c7ccc(CCCCCC)cc7)c7ccc(C(CCCCC)OC(=O)C=C)cc7)cc6)s5)s4)s3)cc2)cc1. The normalized spacial score (nSPS) is 11.5. The number of unbranched alkanes of at least 4 members (excludes halogenated alkanes) is 11. The lowest BCUT2D eigenvalue weighted by atomic mass is 10.0. The van der Waals surface area contributed by atoms with Crippen LogP contribution in [0.2, 0.25) is 0 Å². The number of hydrogen-bond donors (Lipinski definition) is 0. The number of rotatable bonds is 35. The van der Waals surface area contributed by atoms with Gasteiger partial charge < -0.3 is 19.3 Å². The van der Waals surface area contributed by atoms with Crippen molar-refractivity contribution in [3.8, 4) is 40.4 Å². The van der Waals surface area contributed by atoms with Crippen LogP contribution in [0.5, 0.6) is 0 Å². The van der Waals surface area contributed by atoms with Crippen LogP contribution in [0.3, 0.4) is 0 Å². The first-order valence-electron chi connectivity index (χ1n) is 31.8. The minimum atomic E-state index is -0.391. The molecule has 0 N–H and O–H groups in total. The van der Waals surface area contributed by atoms with E-state index >= 15 is 0 Å². The van der Waals surface area contributed by atoms with Crippen LogP contribution in [0, 0.1) is 0 Å². The van der Waals surface area contributed by atoms with Gasteiger partial charge in [0.25, 0.3) is 0 Å². The van der Waals surface area contributed by atoms with Gasteiger partial charge in [0.05, 0.1) is 6.61 Å². The van der Waals surface area contributed by atoms with Crippen LogP contribution in [0.15, 0.2) is 207 Å². The van der Waals surface area contributed by atoms with Crippen molar-refractivity contribution >= 4 is 80.1 Å². The summed E-state index contributed by atoms with van der Waals surface area (Å²) in [7, 11) is 0. The predicted octanol–water partition coefficient (Wildman–Crippen LogP) is 23.9. The fraction of sp³-hybridized carbons (Fsp3) is 0.308. The molecular weight excluding hydrogens is 1130 g/mol. The minimum absolute atomic E-state index is 0.316. The second kappa shape index (κ2) is 33.5. The van der Waals surface area contributed by atoms with Gasteiger partial charge in [0.15, 0.2) is 0 Å². The van der Waals surface area contributed by atoms with Gasteiger partial charge in [-0.15, -0.1) is 34.0 Å². The van der Waals surface area contributed by atoms with Crippen LogP contribution in [0.4, 0.5) is 34.1 Å². The molecular formula is C78H86N2O4S3. The van der Waals surface area contributed by atoms with Crippen LogP contribution in [0.1, 0.15) is 152 Å². The van der Waals surface area contributed by atoms with Crippen molar-refractivity contribution < 1.29 is 19.1 Å². The molecule has 450 valence electrons. The Balaban J connectivity index is 0.879. The molecule has 0 spiro atoms. The summed E-state index contributed by atoms with van der Waals surface area (Å²) in [6.45, 7) is 14.3. The highest BCUT2D eigenvalue weighted by Gasteiger charge is 2.20.